The van der Waals surface area contributed by atoms with Crippen LogP contribution in [-0.4, -0.2) is 13.0 Å². The van der Waals surface area contributed by atoms with Crippen molar-refractivity contribution in [1.29, 1.82) is 0 Å². The van der Waals surface area contributed by atoms with Gasteiger partial charge in [-0.05, 0) is 29.7 Å². The van der Waals surface area contributed by atoms with Crippen LogP contribution < -0.4 is 9.47 Å². The molecular formula is C12H7F5O2. The van der Waals surface area contributed by atoms with Gasteiger partial charge in [0.15, 0.2) is 0 Å². The molecule has 0 aliphatic rings. The van der Waals surface area contributed by atoms with E-state index in [1.165, 1.54) is 24.3 Å². The number of rotatable bonds is 3. The quantitative estimate of drug-likeness (QED) is 0.777. The zero-order valence-corrected chi connectivity index (χ0v) is 9.25. The normalized spacial score (nSPS) is 11.9. The molecule has 7 heteroatoms. The Labute approximate surface area is 104 Å². The third kappa shape index (κ3) is 3.46. The van der Waals surface area contributed by atoms with Crippen molar-refractivity contribution in [3.05, 3.63) is 36.4 Å². The monoisotopic (exact) mass is 278 g/mol. The summed E-state index contributed by atoms with van der Waals surface area (Å²) < 4.78 is 68.5. The SMILES string of the molecule is FC(F)Oc1cccc2cc(OC(F)(F)F)ccc12. The Morgan fingerprint density at radius 2 is 1.74 bits per heavy atom. The summed E-state index contributed by atoms with van der Waals surface area (Å²) in [5.41, 5.74) is 0. The maximum absolute atomic E-state index is 12.2. The molecule has 0 aromatic heterocycles. The van der Waals surface area contributed by atoms with Crippen LogP contribution in [0.2, 0.25) is 0 Å². The highest BCUT2D eigenvalue weighted by molar-refractivity contribution is 5.89. The number of hydrogen-bond donors (Lipinski definition) is 0. The molecule has 0 atom stereocenters. The molecule has 0 saturated carbocycles. The van der Waals surface area contributed by atoms with Crippen molar-refractivity contribution in [2.45, 2.75) is 13.0 Å². The van der Waals surface area contributed by atoms with Crippen LogP contribution in [0.3, 0.4) is 0 Å². The van der Waals surface area contributed by atoms with Gasteiger partial charge in [-0.2, -0.15) is 8.78 Å². The van der Waals surface area contributed by atoms with Gasteiger partial charge in [-0.3, -0.25) is 0 Å². The lowest BCUT2D eigenvalue weighted by molar-refractivity contribution is -0.274. The Morgan fingerprint density at radius 1 is 1.00 bits per heavy atom. The fraction of sp³-hybridized carbons (Fsp3) is 0.167. The number of alkyl halides is 5. The van der Waals surface area contributed by atoms with Crippen LogP contribution in [0.1, 0.15) is 0 Å². The van der Waals surface area contributed by atoms with E-state index in [1.807, 2.05) is 0 Å². The first-order chi connectivity index (χ1) is 8.85. The Hall–Kier alpha value is -2.05. The Balaban J connectivity index is 2.39. The fourth-order valence-electron chi connectivity index (χ4n) is 1.63. The summed E-state index contributed by atoms with van der Waals surface area (Å²) in [6.45, 7) is -3.00. The van der Waals surface area contributed by atoms with Gasteiger partial charge in [0.2, 0.25) is 0 Å². The van der Waals surface area contributed by atoms with E-state index in [9.17, 15) is 22.0 Å². The number of benzene rings is 2. The van der Waals surface area contributed by atoms with Gasteiger partial charge in [0.25, 0.3) is 0 Å². The summed E-state index contributed by atoms with van der Waals surface area (Å²) in [7, 11) is 0. The van der Waals surface area contributed by atoms with Gasteiger partial charge in [0, 0.05) is 5.39 Å². The second-order valence-electron chi connectivity index (χ2n) is 3.57. The molecule has 0 saturated heterocycles. The van der Waals surface area contributed by atoms with Crippen molar-refractivity contribution in [3.8, 4) is 11.5 Å². The predicted molar refractivity (Wildman–Crippen MR) is 57.3 cm³/mol. The first-order valence-electron chi connectivity index (χ1n) is 5.08. The maximum Gasteiger partial charge on any atom is 0.573 e. The Kier molecular flexibility index (Phi) is 3.46. The van der Waals surface area contributed by atoms with Crippen molar-refractivity contribution < 1.29 is 31.4 Å². The highest BCUT2D eigenvalue weighted by Crippen LogP contribution is 2.31. The van der Waals surface area contributed by atoms with Crippen LogP contribution in [0.25, 0.3) is 10.8 Å². The van der Waals surface area contributed by atoms with Crippen LogP contribution in [0.4, 0.5) is 22.0 Å². The maximum atomic E-state index is 12.2. The first-order valence-corrected chi connectivity index (χ1v) is 5.08. The van der Waals surface area contributed by atoms with Crippen LogP contribution >= 0.6 is 0 Å². The molecule has 102 valence electrons. The summed E-state index contributed by atoms with van der Waals surface area (Å²) in [4.78, 5) is 0. The van der Waals surface area contributed by atoms with Crippen LogP contribution in [0, 0.1) is 0 Å². The summed E-state index contributed by atoms with van der Waals surface area (Å²) in [5, 5.41) is 0.581. The zero-order valence-electron chi connectivity index (χ0n) is 9.25. The molecule has 0 bridgehead atoms. The van der Waals surface area contributed by atoms with Gasteiger partial charge in [-0.15, -0.1) is 13.2 Å². The molecule has 0 N–H and O–H groups in total. The van der Waals surface area contributed by atoms with Crippen LogP contribution in [0.15, 0.2) is 36.4 Å². The average Bonchev–Trinajstić information content (AvgIpc) is 2.26. The highest BCUT2D eigenvalue weighted by Gasteiger charge is 2.31. The highest BCUT2D eigenvalue weighted by atomic mass is 19.4. The topological polar surface area (TPSA) is 18.5 Å². The predicted octanol–water partition coefficient (Wildman–Crippen LogP) is 4.34. The molecule has 0 aliphatic carbocycles. The van der Waals surface area contributed by atoms with E-state index in [1.54, 1.807) is 0 Å². The summed E-state index contributed by atoms with van der Waals surface area (Å²) in [5.74, 6) is -0.528. The number of ether oxygens (including phenoxy) is 2. The van der Waals surface area contributed by atoms with E-state index in [2.05, 4.69) is 9.47 Å². The molecule has 0 unspecified atom stereocenters. The van der Waals surface area contributed by atoms with Gasteiger partial charge in [0.05, 0.1) is 0 Å². The molecule has 0 heterocycles. The van der Waals surface area contributed by atoms with Crippen molar-refractivity contribution >= 4 is 10.8 Å². The van der Waals surface area contributed by atoms with Gasteiger partial charge in [-0.1, -0.05) is 12.1 Å². The second kappa shape index (κ2) is 4.91. The molecule has 19 heavy (non-hydrogen) atoms. The average molecular weight is 278 g/mol. The zero-order chi connectivity index (χ0) is 14.0. The van der Waals surface area contributed by atoms with E-state index in [4.69, 9.17) is 0 Å². The van der Waals surface area contributed by atoms with Crippen molar-refractivity contribution in [2.24, 2.45) is 0 Å². The Morgan fingerprint density at radius 3 is 2.37 bits per heavy atom. The summed E-state index contributed by atoms with van der Waals surface area (Å²) >= 11 is 0. The van der Waals surface area contributed by atoms with Crippen LogP contribution in [0.5, 0.6) is 11.5 Å². The molecule has 0 spiro atoms. The lowest BCUT2D eigenvalue weighted by atomic mass is 10.1. The standard InChI is InChI=1S/C12H7F5O2/c13-11(14)18-10-3-1-2-7-6-8(4-5-9(7)10)19-12(15,16)17/h1-6,11H. The molecule has 0 aliphatic heterocycles. The van der Waals surface area contributed by atoms with Crippen molar-refractivity contribution in [3.63, 3.8) is 0 Å². The molecule has 2 nitrogen and oxygen atoms in total. The molecule has 2 aromatic rings. The van der Waals surface area contributed by atoms with Gasteiger partial charge in [0.1, 0.15) is 11.5 Å². The minimum absolute atomic E-state index is 0.106. The molecule has 0 amide bonds. The molecule has 0 fully saturated rings. The Bertz CT molecular complexity index is 580. The van der Waals surface area contributed by atoms with Crippen molar-refractivity contribution in [2.75, 3.05) is 0 Å². The van der Waals surface area contributed by atoms with E-state index in [-0.39, 0.29) is 11.1 Å². The molecule has 2 aromatic carbocycles. The van der Waals surface area contributed by atoms with Gasteiger partial charge >= 0.3 is 13.0 Å². The van der Waals surface area contributed by atoms with E-state index >= 15 is 0 Å². The first kappa shape index (κ1) is 13.4. The summed E-state index contributed by atoms with van der Waals surface area (Å²) in [6.07, 6.45) is -4.80. The molecule has 0 radical (unpaired) electrons. The lowest BCUT2D eigenvalue weighted by Crippen LogP contribution is -2.17. The third-order valence-corrected chi connectivity index (χ3v) is 2.26. The van der Waals surface area contributed by atoms with Gasteiger partial charge in [-0.25, -0.2) is 0 Å². The summed E-state index contributed by atoms with van der Waals surface area (Å²) in [6, 6.07) is 7.54. The minimum atomic E-state index is -4.80. The largest absolute Gasteiger partial charge is 0.573 e. The van der Waals surface area contributed by atoms with E-state index in [0.717, 1.165) is 12.1 Å². The molecular weight excluding hydrogens is 271 g/mol. The number of fused-ring (bicyclic) bond motifs is 1. The van der Waals surface area contributed by atoms with Crippen molar-refractivity contribution in [1.82, 2.24) is 0 Å². The number of hydrogen-bond acceptors (Lipinski definition) is 2. The van der Waals surface area contributed by atoms with Crippen LogP contribution in [-0.2, 0) is 0 Å². The second-order valence-corrected chi connectivity index (χ2v) is 3.57. The lowest BCUT2D eigenvalue weighted by Gasteiger charge is -2.11. The third-order valence-electron chi connectivity index (χ3n) is 2.26. The molecule has 2 rings (SSSR count). The minimum Gasteiger partial charge on any atom is -0.434 e. The number of halogens is 5. The fourth-order valence-corrected chi connectivity index (χ4v) is 1.63. The van der Waals surface area contributed by atoms with Gasteiger partial charge < -0.3 is 9.47 Å². The smallest absolute Gasteiger partial charge is 0.434 e. The van der Waals surface area contributed by atoms with E-state index < -0.39 is 18.7 Å². The van der Waals surface area contributed by atoms with E-state index in [0.29, 0.717) is 5.39 Å².